The zero-order valence-corrected chi connectivity index (χ0v) is 40.7. The van der Waals surface area contributed by atoms with Crippen LogP contribution in [0.2, 0.25) is 0 Å². The number of benzene rings is 2. The Morgan fingerprint density at radius 2 is 1.21 bits per heavy atom. The van der Waals surface area contributed by atoms with Crippen LogP contribution in [-0.4, -0.2) is 135 Å². The number of aliphatic imine (C=N–C) groups is 1. The minimum absolute atomic E-state index is 0.0199. The molecule has 0 aliphatic carbocycles. The summed E-state index contributed by atoms with van der Waals surface area (Å²) in [7, 11) is 0. The highest BCUT2D eigenvalue weighted by Crippen LogP contribution is 2.20. The van der Waals surface area contributed by atoms with Gasteiger partial charge in [0.2, 0.25) is 47.3 Å². The molecule has 0 aliphatic rings. The number of carbonyl (C=O) groups excluding carboxylic acids is 8. The van der Waals surface area contributed by atoms with E-state index >= 15 is 0 Å². The van der Waals surface area contributed by atoms with Crippen LogP contribution in [0.25, 0.3) is 10.9 Å². The van der Waals surface area contributed by atoms with Gasteiger partial charge in [-0.25, -0.2) is 0 Å². The number of aromatic amines is 1. The number of hydrogen-bond acceptors (Lipinski definition) is 13. The molecule has 0 saturated carbocycles. The molecule has 25 heteroatoms. The number of fused-ring (bicyclic) bond motifs is 1. The molecule has 1 heterocycles. The van der Waals surface area contributed by atoms with Gasteiger partial charge in [-0.2, -0.15) is 11.8 Å². The molecule has 0 unspecified atom stereocenters. The molecule has 7 atom stereocenters. The molecule has 24 nitrogen and oxygen atoms in total. The molecule has 0 aliphatic heterocycles. The van der Waals surface area contributed by atoms with Crippen LogP contribution >= 0.6 is 11.8 Å². The number of carbonyl (C=O) groups is 9. The smallest absolute Gasteiger partial charge is 0.303 e. The number of aliphatic carboxylic acids is 1. The standard InChI is InChI=1S/C46H67N13O11S/c1-24(2)19-29(47)40(65)54-31(9-6-17-52-46(50)51)41(66)55-32(14-15-38(62)63)42(67)56-33(16-18-71-3)43(68)59-36(22-37(48)61)45(70)58-35(21-26-23-53-30-8-5-4-7-28(26)30)44(69)57-34(39(49)64)20-25-10-12-27(60)13-11-25/h4-5,7-8,10-13,23-24,29,31-36,53,60H,6,9,14-22,47H2,1-3H3,(H2,48,61)(H2,49,64)(H,54,65)(H,55,66)(H,56,67)(H,57,69)(H,58,70)(H,59,68)(H,62,63)(H4,50,51,52)/t29-,31-,32-,33-,34-,35-,36-/m0/s1. The van der Waals surface area contributed by atoms with Crippen molar-refractivity contribution in [3.8, 4) is 5.75 Å². The van der Waals surface area contributed by atoms with E-state index in [-0.39, 0.29) is 62.0 Å². The minimum Gasteiger partial charge on any atom is -0.508 e. The van der Waals surface area contributed by atoms with Crippen LogP contribution in [0.5, 0.6) is 5.75 Å². The van der Waals surface area contributed by atoms with Gasteiger partial charge in [0.25, 0.3) is 0 Å². The van der Waals surface area contributed by atoms with Crippen LogP contribution in [0.15, 0.2) is 59.7 Å². The Bertz CT molecular complexity index is 2360. The first-order valence-electron chi connectivity index (χ1n) is 22.8. The summed E-state index contributed by atoms with van der Waals surface area (Å²) in [6.07, 6.45) is 1.67. The third-order valence-electron chi connectivity index (χ3n) is 11.0. The molecular weight excluding hydrogens is 943 g/mol. The van der Waals surface area contributed by atoms with E-state index in [0.717, 1.165) is 0 Å². The quantitative estimate of drug-likeness (QED) is 0.0188. The van der Waals surface area contributed by atoms with Gasteiger partial charge in [0.1, 0.15) is 42.0 Å². The summed E-state index contributed by atoms with van der Waals surface area (Å²) in [4.78, 5) is 127. The lowest BCUT2D eigenvalue weighted by molar-refractivity contribution is -0.139. The van der Waals surface area contributed by atoms with Crippen molar-refractivity contribution in [3.63, 3.8) is 0 Å². The largest absolute Gasteiger partial charge is 0.508 e. The summed E-state index contributed by atoms with van der Waals surface area (Å²) in [6.45, 7) is 3.79. The fraction of sp³-hybridized carbons (Fsp3) is 0.478. The Morgan fingerprint density at radius 1 is 0.676 bits per heavy atom. The fourth-order valence-corrected chi connectivity index (χ4v) is 7.77. The number of rotatable bonds is 31. The van der Waals surface area contributed by atoms with E-state index in [1.54, 1.807) is 36.7 Å². The van der Waals surface area contributed by atoms with Gasteiger partial charge in [-0.1, -0.05) is 44.2 Å². The first kappa shape index (κ1) is 57.9. The van der Waals surface area contributed by atoms with Crippen LogP contribution < -0.4 is 60.6 Å². The zero-order valence-electron chi connectivity index (χ0n) is 39.9. The number of amides is 8. The second-order valence-electron chi connectivity index (χ2n) is 17.3. The Hall–Kier alpha value is -7.41. The van der Waals surface area contributed by atoms with Crippen LogP contribution in [-0.2, 0) is 56.0 Å². The van der Waals surface area contributed by atoms with Crippen LogP contribution in [0.4, 0.5) is 0 Å². The molecule has 388 valence electrons. The van der Waals surface area contributed by atoms with E-state index in [1.807, 2.05) is 13.8 Å². The van der Waals surface area contributed by atoms with Gasteiger partial charge in [0, 0.05) is 42.9 Å². The number of phenols is 1. The van der Waals surface area contributed by atoms with Gasteiger partial charge in [-0.05, 0) is 79.4 Å². The van der Waals surface area contributed by atoms with Gasteiger partial charge in [0.05, 0.1) is 12.5 Å². The number of carboxylic acid groups (broad SMARTS) is 1. The lowest BCUT2D eigenvalue weighted by Gasteiger charge is -2.27. The number of hydrogen-bond donors (Lipinski definition) is 14. The molecule has 0 spiro atoms. The maximum absolute atomic E-state index is 14.2. The highest BCUT2D eigenvalue weighted by Gasteiger charge is 2.35. The number of primary amides is 2. The minimum atomic E-state index is -1.73. The maximum Gasteiger partial charge on any atom is 0.303 e. The van der Waals surface area contributed by atoms with Crippen LogP contribution in [0, 0.1) is 5.92 Å². The van der Waals surface area contributed by atoms with Crippen molar-refractivity contribution in [3.05, 3.63) is 65.9 Å². The number of phenolic OH excluding ortho intramolecular Hbond substituents is 1. The van der Waals surface area contributed by atoms with Crippen molar-refractivity contribution in [2.45, 2.75) is 114 Å². The summed E-state index contributed by atoms with van der Waals surface area (Å²) < 4.78 is 0. The summed E-state index contributed by atoms with van der Waals surface area (Å²) >= 11 is 1.29. The lowest BCUT2D eigenvalue weighted by Crippen LogP contribution is -2.60. The van der Waals surface area contributed by atoms with E-state index in [1.165, 1.54) is 36.0 Å². The number of H-pyrrole nitrogens is 1. The van der Waals surface area contributed by atoms with Crippen molar-refractivity contribution in [1.29, 1.82) is 0 Å². The van der Waals surface area contributed by atoms with E-state index < -0.39 is 115 Å². The van der Waals surface area contributed by atoms with Crippen LogP contribution in [0.1, 0.15) is 69.9 Å². The van der Waals surface area contributed by atoms with Gasteiger partial charge >= 0.3 is 5.97 Å². The monoisotopic (exact) mass is 1010 g/mol. The van der Waals surface area contributed by atoms with E-state index in [9.17, 15) is 53.4 Å². The fourth-order valence-electron chi connectivity index (χ4n) is 7.30. The highest BCUT2D eigenvalue weighted by atomic mass is 32.2. The Labute approximate surface area is 414 Å². The molecular formula is C46H67N13O11S. The second-order valence-corrected chi connectivity index (χ2v) is 18.3. The number of nitrogens with two attached hydrogens (primary N) is 5. The van der Waals surface area contributed by atoms with Gasteiger partial charge in [-0.3, -0.25) is 48.1 Å². The molecule has 0 bridgehead atoms. The SMILES string of the molecule is CSCC[C@H](NC(=O)[C@H](CCC(=O)O)NC(=O)[C@H](CCCN=C(N)N)NC(=O)[C@@H](N)CC(C)C)C(=O)N[C@@H](CC(N)=O)C(=O)N[C@@H](Cc1c[nH]c2ccccc12)C(=O)N[C@@H](Cc1ccc(O)cc1)C(N)=O. The third-order valence-corrected chi connectivity index (χ3v) is 11.6. The maximum atomic E-state index is 14.2. The Kier molecular flexibility index (Phi) is 23.6. The third kappa shape index (κ3) is 20.2. The number of carboxylic acids is 1. The summed E-state index contributed by atoms with van der Waals surface area (Å²) in [5, 5.41) is 35.2. The van der Waals surface area contributed by atoms with Crippen molar-refractivity contribution >= 4 is 81.9 Å². The molecule has 0 saturated heterocycles. The summed E-state index contributed by atoms with van der Waals surface area (Å²) in [6, 6.07) is 3.23. The van der Waals surface area contributed by atoms with Gasteiger partial charge in [0.15, 0.2) is 5.96 Å². The molecule has 3 rings (SSSR count). The number of aromatic hydroxyl groups is 1. The predicted octanol–water partition coefficient (Wildman–Crippen LogP) is -2.03. The molecule has 19 N–H and O–H groups in total. The Balaban J connectivity index is 1.91. The zero-order chi connectivity index (χ0) is 52.8. The molecule has 8 amide bonds. The first-order chi connectivity index (χ1) is 33.6. The van der Waals surface area contributed by atoms with E-state index in [0.29, 0.717) is 28.5 Å². The topological polar surface area (TPSA) is 425 Å². The predicted molar refractivity (Wildman–Crippen MR) is 266 cm³/mol. The van der Waals surface area contributed by atoms with Crippen molar-refractivity contribution < 1.29 is 53.4 Å². The van der Waals surface area contributed by atoms with E-state index in [2.05, 4.69) is 41.9 Å². The molecule has 0 radical (unpaired) electrons. The number of nitrogens with one attached hydrogen (secondary N) is 7. The number of para-hydroxylation sites is 1. The van der Waals surface area contributed by atoms with Gasteiger partial charge < -0.3 is 75.8 Å². The van der Waals surface area contributed by atoms with E-state index in [4.69, 9.17) is 28.7 Å². The second kappa shape index (κ2) is 28.9. The number of thioether (sulfide) groups is 1. The summed E-state index contributed by atoms with van der Waals surface area (Å²) in [5.41, 5.74) is 30.0. The molecule has 1 aromatic heterocycles. The van der Waals surface area contributed by atoms with Crippen LogP contribution in [0.3, 0.4) is 0 Å². The molecule has 71 heavy (non-hydrogen) atoms. The molecule has 2 aromatic carbocycles. The number of guanidine groups is 1. The average Bonchev–Trinajstić information content (AvgIpc) is 3.71. The Morgan fingerprint density at radius 3 is 1.79 bits per heavy atom. The summed E-state index contributed by atoms with van der Waals surface area (Å²) in [5.74, 6) is -8.59. The van der Waals surface area contributed by atoms with Crippen molar-refractivity contribution in [1.82, 2.24) is 36.9 Å². The normalized spacial score (nSPS) is 14.0. The number of aromatic nitrogens is 1. The van der Waals surface area contributed by atoms with Crippen molar-refractivity contribution in [2.75, 3.05) is 18.6 Å². The lowest BCUT2D eigenvalue weighted by atomic mass is 10.0. The molecule has 3 aromatic rings. The number of nitrogens with zero attached hydrogens (tertiary/aromatic N) is 1. The molecule has 0 fully saturated rings. The highest BCUT2D eigenvalue weighted by molar-refractivity contribution is 7.98. The first-order valence-corrected chi connectivity index (χ1v) is 24.2. The van der Waals surface area contributed by atoms with Crippen molar-refractivity contribution in [2.24, 2.45) is 39.6 Å². The average molecular weight is 1010 g/mol. The van der Waals surface area contributed by atoms with Gasteiger partial charge in [-0.15, -0.1) is 0 Å².